The smallest absolute Gasteiger partial charge is 0.323 e. The van der Waals surface area contributed by atoms with Crippen molar-refractivity contribution in [3.8, 4) is 0 Å². The zero-order valence-electron chi connectivity index (χ0n) is 10.4. The highest BCUT2D eigenvalue weighted by Crippen LogP contribution is 2.56. The molecule has 2 rings (SSSR count). The maximum absolute atomic E-state index is 11.9. The lowest BCUT2D eigenvalue weighted by Gasteiger charge is -2.30. The summed E-state index contributed by atoms with van der Waals surface area (Å²) >= 11 is 0. The molecular formula is C13H15N2O3P. The van der Waals surface area contributed by atoms with E-state index in [-0.39, 0.29) is 5.69 Å². The first-order chi connectivity index (χ1) is 8.85. The van der Waals surface area contributed by atoms with Crippen LogP contribution >= 0.6 is 7.60 Å². The molecule has 1 aromatic heterocycles. The van der Waals surface area contributed by atoms with Crippen LogP contribution in [0.25, 0.3) is 0 Å². The summed E-state index contributed by atoms with van der Waals surface area (Å²) in [6, 6.07) is 13.2. The summed E-state index contributed by atoms with van der Waals surface area (Å²) in [6.45, 7) is 1.74. The van der Waals surface area contributed by atoms with Crippen LogP contribution in [-0.4, -0.2) is 14.8 Å². The third-order valence-electron chi connectivity index (χ3n) is 2.95. The van der Waals surface area contributed by atoms with Crippen LogP contribution in [0.1, 0.15) is 17.0 Å². The molecule has 0 spiro atoms. The van der Waals surface area contributed by atoms with Crippen molar-refractivity contribution in [1.82, 2.24) is 4.98 Å². The van der Waals surface area contributed by atoms with Crippen molar-refractivity contribution < 1.29 is 14.4 Å². The highest BCUT2D eigenvalue weighted by Gasteiger charge is 2.47. The third kappa shape index (κ3) is 2.46. The second kappa shape index (κ2) is 4.87. The summed E-state index contributed by atoms with van der Waals surface area (Å²) in [5.41, 5.74) is 7.20. The van der Waals surface area contributed by atoms with Crippen LogP contribution < -0.4 is 5.73 Å². The van der Waals surface area contributed by atoms with Crippen LogP contribution in [0.3, 0.4) is 0 Å². The summed E-state index contributed by atoms with van der Waals surface area (Å²) < 4.78 is 11.9. The van der Waals surface area contributed by atoms with Gasteiger partial charge in [0.15, 0.2) is 5.28 Å². The molecule has 0 aliphatic rings. The average molecular weight is 278 g/mol. The molecule has 0 aliphatic carbocycles. The fourth-order valence-corrected chi connectivity index (χ4v) is 2.82. The fraction of sp³-hybridized carbons (Fsp3) is 0.154. The predicted octanol–water partition coefficient (Wildman–Crippen LogP) is 1.73. The predicted molar refractivity (Wildman–Crippen MR) is 72.4 cm³/mol. The normalized spacial score (nSPS) is 14.9. The van der Waals surface area contributed by atoms with Gasteiger partial charge in [0, 0.05) is 5.69 Å². The van der Waals surface area contributed by atoms with E-state index in [1.54, 1.807) is 49.4 Å². The number of hydrogen-bond donors (Lipinski definition) is 3. The van der Waals surface area contributed by atoms with Crippen LogP contribution in [0.5, 0.6) is 0 Å². The van der Waals surface area contributed by atoms with Gasteiger partial charge in [0.1, 0.15) is 0 Å². The molecule has 6 heteroatoms. The second-order valence-corrected chi connectivity index (χ2v) is 6.13. The molecule has 0 saturated carbocycles. The van der Waals surface area contributed by atoms with Crippen molar-refractivity contribution in [3.63, 3.8) is 0 Å². The van der Waals surface area contributed by atoms with E-state index in [2.05, 4.69) is 4.98 Å². The zero-order chi connectivity index (χ0) is 14.1. The van der Waals surface area contributed by atoms with Crippen molar-refractivity contribution in [3.05, 3.63) is 65.5 Å². The van der Waals surface area contributed by atoms with Gasteiger partial charge in [0.05, 0.1) is 5.69 Å². The Labute approximate surface area is 111 Å². The molecule has 1 atom stereocenters. The minimum absolute atomic E-state index is 0.159. The molecule has 4 N–H and O–H groups in total. The van der Waals surface area contributed by atoms with E-state index in [1.807, 2.05) is 0 Å². The Morgan fingerprint density at radius 3 is 2.26 bits per heavy atom. The molecule has 1 unspecified atom stereocenters. The van der Waals surface area contributed by atoms with E-state index in [9.17, 15) is 14.4 Å². The Kier molecular flexibility index (Phi) is 3.56. The number of aromatic nitrogens is 1. The van der Waals surface area contributed by atoms with Crippen molar-refractivity contribution >= 4 is 7.60 Å². The molecule has 0 saturated heterocycles. The number of nitrogens with two attached hydrogens (primary N) is 1. The highest BCUT2D eigenvalue weighted by atomic mass is 31.2. The third-order valence-corrected chi connectivity index (χ3v) is 4.36. The Morgan fingerprint density at radius 1 is 1.11 bits per heavy atom. The minimum atomic E-state index is -4.64. The molecule has 0 bridgehead atoms. The molecule has 0 radical (unpaired) electrons. The van der Waals surface area contributed by atoms with Gasteiger partial charge in [0.25, 0.3) is 0 Å². The lowest BCUT2D eigenvalue weighted by molar-refractivity contribution is 0.338. The number of nitrogens with zero attached hydrogens (tertiary/aromatic N) is 1. The largest absolute Gasteiger partial charge is 0.355 e. The van der Waals surface area contributed by atoms with Crippen molar-refractivity contribution in [2.24, 2.45) is 5.73 Å². The van der Waals surface area contributed by atoms with E-state index in [0.29, 0.717) is 11.3 Å². The molecule has 0 fully saturated rings. The lowest BCUT2D eigenvalue weighted by atomic mass is 10.0. The van der Waals surface area contributed by atoms with Crippen molar-refractivity contribution in [2.45, 2.75) is 12.2 Å². The quantitative estimate of drug-likeness (QED) is 0.743. The molecule has 1 heterocycles. The van der Waals surface area contributed by atoms with E-state index in [0.717, 1.165) is 0 Å². The molecule has 0 aliphatic heterocycles. The van der Waals surface area contributed by atoms with Gasteiger partial charge >= 0.3 is 7.60 Å². The maximum Gasteiger partial charge on any atom is 0.355 e. The molecule has 5 nitrogen and oxygen atoms in total. The van der Waals surface area contributed by atoms with Crippen LogP contribution in [0.4, 0.5) is 0 Å². The summed E-state index contributed by atoms with van der Waals surface area (Å²) in [5.74, 6) is 0. The Bertz CT molecular complexity index is 627. The first-order valence-corrected chi connectivity index (χ1v) is 7.31. The maximum atomic E-state index is 11.9. The van der Waals surface area contributed by atoms with E-state index in [1.165, 1.54) is 6.07 Å². The standard InChI is InChI=1S/C13H15N2O3P/c1-10-6-5-9-12(15-10)13(14,19(16,17)18)11-7-3-2-4-8-11/h2-9H,14H2,1H3,(H2,16,17,18). The number of pyridine rings is 1. The van der Waals surface area contributed by atoms with Gasteiger partial charge in [-0.25, -0.2) is 0 Å². The van der Waals surface area contributed by atoms with Gasteiger partial charge < -0.3 is 15.5 Å². The van der Waals surface area contributed by atoms with Gasteiger partial charge in [-0.15, -0.1) is 0 Å². The van der Waals surface area contributed by atoms with Crippen LogP contribution in [-0.2, 0) is 9.85 Å². The van der Waals surface area contributed by atoms with Crippen molar-refractivity contribution in [2.75, 3.05) is 0 Å². The lowest BCUT2D eigenvalue weighted by Crippen LogP contribution is -2.38. The van der Waals surface area contributed by atoms with Crippen molar-refractivity contribution in [1.29, 1.82) is 0 Å². The Balaban J connectivity index is 2.70. The number of rotatable bonds is 3. The molecule has 19 heavy (non-hydrogen) atoms. The number of benzene rings is 1. The first-order valence-electron chi connectivity index (χ1n) is 5.70. The minimum Gasteiger partial charge on any atom is -0.323 e. The summed E-state index contributed by atoms with van der Waals surface area (Å²) in [4.78, 5) is 23.5. The van der Waals surface area contributed by atoms with E-state index >= 15 is 0 Å². The van der Waals surface area contributed by atoms with Gasteiger partial charge in [-0.05, 0) is 24.6 Å². The Hall–Kier alpha value is -1.52. The zero-order valence-corrected chi connectivity index (χ0v) is 11.3. The molecular weight excluding hydrogens is 263 g/mol. The monoisotopic (exact) mass is 278 g/mol. The number of hydrogen-bond acceptors (Lipinski definition) is 3. The van der Waals surface area contributed by atoms with Gasteiger partial charge in [-0.1, -0.05) is 36.4 Å². The second-order valence-electron chi connectivity index (χ2n) is 4.34. The molecule has 0 amide bonds. The highest BCUT2D eigenvalue weighted by molar-refractivity contribution is 7.53. The first kappa shape index (κ1) is 13.9. The van der Waals surface area contributed by atoms with Crippen LogP contribution in [0.2, 0.25) is 0 Å². The van der Waals surface area contributed by atoms with Crippen LogP contribution in [0.15, 0.2) is 48.5 Å². The van der Waals surface area contributed by atoms with Gasteiger partial charge in [-0.2, -0.15) is 0 Å². The Morgan fingerprint density at radius 2 is 1.74 bits per heavy atom. The average Bonchev–Trinajstić information content (AvgIpc) is 2.37. The summed E-state index contributed by atoms with van der Waals surface area (Å²) in [7, 11) is -4.64. The van der Waals surface area contributed by atoms with E-state index < -0.39 is 12.9 Å². The van der Waals surface area contributed by atoms with E-state index in [4.69, 9.17) is 5.73 Å². The van der Waals surface area contributed by atoms with Gasteiger partial charge in [-0.3, -0.25) is 9.55 Å². The summed E-state index contributed by atoms with van der Waals surface area (Å²) in [6.07, 6.45) is 0. The van der Waals surface area contributed by atoms with Crippen LogP contribution in [0, 0.1) is 6.92 Å². The van der Waals surface area contributed by atoms with Gasteiger partial charge in [0.2, 0.25) is 0 Å². The molecule has 1 aromatic carbocycles. The SMILES string of the molecule is Cc1cccc(C(N)(c2ccccc2)P(=O)(O)O)n1. The fourth-order valence-electron chi connectivity index (χ4n) is 1.91. The number of aryl methyl sites for hydroxylation is 1. The summed E-state index contributed by atoms with van der Waals surface area (Å²) in [5, 5.41) is -1.93. The topological polar surface area (TPSA) is 96.4 Å². The molecule has 2 aromatic rings. The molecule has 100 valence electrons.